The predicted molar refractivity (Wildman–Crippen MR) is 245 cm³/mol. The summed E-state index contributed by atoms with van der Waals surface area (Å²) in [5, 5.41) is 25.5. The van der Waals surface area contributed by atoms with Crippen molar-refractivity contribution >= 4 is 43.6 Å². The normalized spacial score (nSPS) is 11.8. The summed E-state index contributed by atoms with van der Waals surface area (Å²) in [6.45, 7) is 8.29. The van der Waals surface area contributed by atoms with Crippen LogP contribution < -0.4 is 0 Å². The highest BCUT2D eigenvalue weighted by molar-refractivity contribution is 6.12. The minimum Gasteiger partial charge on any atom is -0.308 e. The number of aromatic nitrogens is 2. The van der Waals surface area contributed by atoms with Crippen LogP contribution >= 0.6 is 0 Å². The number of rotatable bonds is 5. The molecule has 10 rings (SSSR count). The number of nitrogens with zero attached hydrogens (tertiary/aromatic N) is 4. The van der Waals surface area contributed by atoms with E-state index in [1.54, 1.807) is 6.07 Å². The van der Waals surface area contributed by atoms with Gasteiger partial charge in [0.2, 0.25) is 0 Å². The second-order valence-corrected chi connectivity index (χ2v) is 16.3. The zero-order chi connectivity index (χ0) is 43.0. The lowest BCUT2D eigenvalue weighted by Crippen LogP contribution is -2.08. The molecule has 62 heavy (non-hydrogen) atoms. The number of para-hydroxylation sites is 2. The van der Waals surface area contributed by atoms with Gasteiger partial charge in [-0.15, -0.1) is 0 Å². The first-order valence-electron chi connectivity index (χ1n) is 20.3. The fourth-order valence-electron chi connectivity index (χ4n) is 9.44. The van der Waals surface area contributed by atoms with E-state index in [2.05, 4.69) is 117 Å². The van der Waals surface area contributed by atoms with Crippen molar-refractivity contribution in [1.29, 1.82) is 10.5 Å². The van der Waals surface area contributed by atoms with Crippen LogP contribution in [0.3, 0.4) is 0 Å². The van der Waals surface area contributed by atoms with Crippen LogP contribution in [0.5, 0.6) is 0 Å². The summed E-state index contributed by atoms with van der Waals surface area (Å²) in [5.74, 6) is 0. The zero-order valence-electron chi connectivity index (χ0n) is 34.4. The van der Waals surface area contributed by atoms with Crippen LogP contribution in [0.25, 0.3) is 88.4 Å². The van der Waals surface area contributed by atoms with E-state index in [0.29, 0.717) is 16.9 Å². The first-order chi connectivity index (χ1) is 29.9. The van der Waals surface area contributed by atoms with Gasteiger partial charge in [0.25, 0.3) is 0 Å². The van der Waals surface area contributed by atoms with Gasteiger partial charge in [0, 0.05) is 27.1 Å². The number of alkyl halides is 3. The van der Waals surface area contributed by atoms with Gasteiger partial charge in [-0.2, -0.15) is 23.7 Å². The molecule has 0 spiro atoms. The fourth-order valence-corrected chi connectivity index (χ4v) is 9.44. The van der Waals surface area contributed by atoms with Crippen molar-refractivity contribution in [3.8, 4) is 56.9 Å². The van der Waals surface area contributed by atoms with Crippen LogP contribution in [0.1, 0.15) is 38.9 Å². The molecule has 0 aliphatic heterocycles. The first-order valence-corrected chi connectivity index (χ1v) is 20.3. The molecule has 0 radical (unpaired) electrons. The number of nitriles is 2. The van der Waals surface area contributed by atoms with Crippen molar-refractivity contribution in [3.63, 3.8) is 0 Å². The van der Waals surface area contributed by atoms with Crippen molar-refractivity contribution in [3.05, 3.63) is 191 Å². The lowest BCUT2D eigenvalue weighted by Gasteiger charge is -2.21. The fraction of sp³-hybridized carbons (Fsp3) is 0.0909. The Labute approximate surface area is 356 Å². The largest absolute Gasteiger partial charge is 0.416 e. The number of benzene rings is 8. The second-order valence-electron chi connectivity index (χ2n) is 16.3. The molecule has 0 N–H and O–H groups in total. The van der Waals surface area contributed by atoms with Crippen LogP contribution in [-0.4, -0.2) is 9.13 Å². The average Bonchev–Trinajstić information content (AvgIpc) is 3.76. The topological polar surface area (TPSA) is 57.4 Å². The molecule has 8 aromatic carbocycles. The van der Waals surface area contributed by atoms with Crippen LogP contribution in [-0.2, 0) is 6.18 Å². The van der Waals surface area contributed by atoms with Crippen molar-refractivity contribution in [1.82, 2.24) is 9.13 Å². The minimum absolute atomic E-state index is 0.135. The molecule has 10 aromatic rings. The maximum absolute atomic E-state index is 14.6. The quantitative estimate of drug-likeness (QED) is 0.174. The maximum Gasteiger partial charge on any atom is 0.416 e. The van der Waals surface area contributed by atoms with E-state index >= 15 is 0 Å². The minimum atomic E-state index is -4.72. The Kier molecular flexibility index (Phi) is 8.91. The van der Waals surface area contributed by atoms with Gasteiger partial charge in [0.05, 0.1) is 50.6 Å². The molecule has 298 valence electrons. The average molecular weight is 811 g/mol. The number of halogens is 3. The summed E-state index contributed by atoms with van der Waals surface area (Å²) >= 11 is 0. The Bertz CT molecular complexity index is 3550. The van der Waals surface area contributed by atoms with E-state index < -0.39 is 11.7 Å². The summed E-state index contributed by atoms with van der Waals surface area (Å²) in [5.41, 5.74) is 12.6. The van der Waals surface area contributed by atoms with Crippen LogP contribution in [0.2, 0.25) is 0 Å². The number of hydrogen-bond donors (Lipinski definition) is 0. The number of aryl methyl sites for hydroxylation is 4. The molecule has 0 aliphatic carbocycles. The van der Waals surface area contributed by atoms with Gasteiger partial charge in [0.1, 0.15) is 11.6 Å². The van der Waals surface area contributed by atoms with Gasteiger partial charge >= 0.3 is 6.18 Å². The summed E-state index contributed by atoms with van der Waals surface area (Å²) in [4.78, 5) is 0. The molecule has 0 atom stereocenters. The van der Waals surface area contributed by atoms with Crippen LogP contribution in [0.4, 0.5) is 13.2 Å². The van der Waals surface area contributed by atoms with Crippen molar-refractivity contribution in [2.24, 2.45) is 0 Å². The Hall–Kier alpha value is -7.87. The van der Waals surface area contributed by atoms with Gasteiger partial charge in [0.15, 0.2) is 0 Å². The third kappa shape index (κ3) is 6.30. The summed E-state index contributed by atoms with van der Waals surface area (Å²) in [7, 11) is 0. The van der Waals surface area contributed by atoms with E-state index in [4.69, 9.17) is 0 Å². The highest BCUT2D eigenvalue weighted by atomic mass is 19.4. The van der Waals surface area contributed by atoms with Crippen molar-refractivity contribution in [2.75, 3.05) is 0 Å². The summed E-state index contributed by atoms with van der Waals surface area (Å²) < 4.78 is 47.8. The molecule has 0 saturated heterocycles. The second kappa shape index (κ2) is 14.4. The Morgan fingerprint density at radius 3 is 1.45 bits per heavy atom. The van der Waals surface area contributed by atoms with Gasteiger partial charge in [-0.1, -0.05) is 125 Å². The molecule has 2 aromatic heterocycles. The Morgan fingerprint density at radius 1 is 0.435 bits per heavy atom. The highest BCUT2D eigenvalue weighted by Gasteiger charge is 2.32. The van der Waals surface area contributed by atoms with Crippen LogP contribution in [0, 0.1) is 50.4 Å². The molecular formula is C55H37F3N4. The molecular weight excluding hydrogens is 774 g/mol. The third-order valence-electron chi connectivity index (χ3n) is 11.9. The standard InChI is InChI=1S/C55H37F3N4/c1-32-19-33(2)22-39(21-32)37-13-15-46-44-9-5-7-11-49(44)61(52(46)28-37)51-18-17-43(41-25-36(30-59)26-42(27-41)55(56,57)58)54(48(51)31-60)62-50-12-8-6-10-45(50)47-16-14-38(29-53(47)62)40-23-34(3)20-35(4)24-40/h5-29H,1-4H3. The number of hydrogen-bond acceptors (Lipinski definition) is 2. The summed E-state index contributed by atoms with van der Waals surface area (Å²) in [6.07, 6.45) is -4.72. The third-order valence-corrected chi connectivity index (χ3v) is 11.9. The molecule has 2 heterocycles. The van der Waals surface area contributed by atoms with Gasteiger partial charge < -0.3 is 9.13 Å². The molecule has 0 aliphatic rings. The van der Waals surface area contributed by atoms with Crippen molar-refractivity contribution < 1.29 is 13.2 Å². The molecule has 7 heteroatoms. The van der Waals surface area contributed by atoms with E-state index in [1.807, 2.05) is 59.2 Å². The smallest absolute Gasteiger partial charge is 0.308 e. The molecule has 0 fully saturated rings. The number of fused-ring (bicyclic) bond motifs is 6. The zero-order valence-corrected chi connectivity index (χ0v) is 34.4. The SMILES string of the molecule is Cc1cc(C)cc(-c2ccc3c4ccccc4n(-c4ccc(-c5cc(C#N)cc(C(F)(F)F)c5)c(-n5c6ccccc6c6ccc(-c7cc(C)cc(C)c7)cc65)c4C#N)c3c2)c1. The Balaban J connectivity index is 1.36. The predicted octanol–water partition coefficient (Wildman–Crippen LogP) is 14.9. The van der Waals surface area contributed by atoms with Gasteiger partial charge in [-0.25, -0.2) is 0 Å². The summed E-state index contributed by atoms with van der Waals surface area (Å²) in [6, 6.07) is 53.1. The monoisotopic (exact) mass is 810 g/mol. The van der Waals surface area contributed by atoms with E-state index in [1.165, 1.54) is 6.07 Å². The molecule has 0 unspecified atom stereocenters. The van der Waals surface area contributed by atoms with Crippen molar-refractivity contribution in [2.45, 2.75) is 33.9 Å². The lowest BCUT2D eigenvalue weighted by molar-refractivity contribution is -0.137. The maximum atomic E-state index is 14.6. The van der Waals surface area contributed by atoms with Crippen LogP contribution in [0.15, 0.2) is 152 Å². The van der Waals surface area contributed by atoms with E-state index in [-0.39, 0.29) is 16.7 Å². The van der Waals surface area contributed by atoms with Gasteiger partial charge in [-0.05, 0) is 104 Å². The first kappa shape index (κ1) is 38.3. The van der Waals surface area contributed by atoms with Gasteiger partial charge in [-0.3, -0.25) is 0 Å². The van der Waals surface area contributed by atoms with E-state index in [9.17, 15) is 23.7 Å². The van der Waals surface area contributed by atoms with E-state index in [0.717, 1.165) is 100 Å². The molecule has 0 saturated carbocycles. The molecule has 0 bridgehead atoms. The highest BCUT2D eigenvalue weighted by Crippen LogP contribution is 2.44. The Morgan fingerprint density at radius 2 is 0.935 bits per heavy atom. The molecule has 4 nitrogen and oxygen atoms in total. The molecule has 0 amide bonds. The lowest BCUT2D eigenvalue weighted by atomic mass is 9.95.